The number of aliphatic hydroxyl groups is 1. The number of methoxy groups -OCH3 is 1. The Hall–Kier alpha value is -1.80. The van der Waals surface area contributed by atoms with Gasteiger partial charge < -0.3 is 20.1 Å². The third-order valence-corrected chi connectivity index (χ3v) is 2.43. The summed E-state index contributed by atoms with van der Waals surface area (Å²) < 4.78 is 4.35. The second-order valence-corrected chi connectivity index (χ2v) is 3.32. The molecule has 0 spiro atoms. The number of ketones is 2. The van der Waals surface area contributed by atoms with Crippen molar-refractivity contribution in [2.45, 2.75) is 25.0 Å². The van der Waals surface area contributed by atoms with Gasteiger partial charge in [0, 0.05) is 7.11 Å². The lowest BCUT2D eigenvalue weighted by molar-refractivity contribution is -0.211. The summed E-state index contributed by atoms with van der Waals surface area (Å²) in [6.07, 6.45) is 0. The van der Waals surface area contributed by atoms with Crippen LogP contribution in [-0.4, -0.2) is 57.1 Å². The van der Waals surface area contributed by atoms with Crippen LogP contribution in [0.25, 0.3) is 0 Å². The molecule has 17 heavy (non-hydrogen) atoms. The zero-order chi connectivity index (χ0) is 14.0. The SMILES string of the molecule is COC(C(C)=O)(C(=O)O)C(O)(C(C)=O)C(=O)O. The van der Waals surface area contributed by atoms with Crippen molar-refractivity contribution in [3.05, 3.63) is 0 Å². The van der Waals surface area contributed by atoms with Crippen molar-refractivity contribution in [2.75, 3.05) is 7.11 Å². The van der Waals surface area contributed by atoms with Gasteiger partial charge in [0.05, 0.1) is 0 Å². The van der Waals surface area contributed by atoms with Crippen LogP contribution in [0.2, 0.25) is 0 Å². The number of aliphatic carboxylic acids is 2. The van der Waals surface area contributed by atoms with E-state index in [1.165, 1.54) is 0 Å². The molecule has 96 valence electrons. The van der Waals surface area contributed by atoms with E-state index in [9.17, 15) is 24.3 Å². The van der Waals surface area contributed by atoms with Gasteiger partial charge in [-0.1, -0.05) is 0 Å². The van der Waals surface area contributed by atoms with Crippen LogP contribution in [0.3, 0.4) is 0 Å². The fourth-order valence-electron chi connectivity index (χ4n) is 1.49. The first-order chi connectivity index (χ1) is 7.58. The lowest BCUT2D eigenvalue weighted by Gasteiger charge is -2.35. The van der Waals surface area contributed by atoms with Crippen molar-refractivity contribution in [3.63, 3.8) is 0 Å². The average molecular weight is 248 g/mol. The first-order valence-corrected chi connectivity index (χ1v) is 4.35. The number of hydrogen-bond donors (Lipinski definition) is 3. The van der Waals surface area contributed by atoms with Gasteiger partial charge in [0.25, 0.3) is 11.2 Å². The van der Waals surface area contributed by atoms with Gasteiger partial charge in [0.15, 0.2) is 11.6 Å². The van der Waals surface area contributed by atoms with Crippen LogP contribution in [0, 0.1) is 0 Å². The molecule has 0 heterocycles. The molecule has 0 saturated heterocycles. The average Bonchev–Trinajstić information content (AvgIpc) is 2.16. The summed E-state index contributed by atoms with van der Waals surface area (Å²) in [7, 11) is 0.715. The third-order valence-electron chi connectivity index (χ3n) is 2.43. The zero-order valence-electron chi connectivity index (χ0n) is 9.38. The van der Waals surface area contributed by atoms with E-state index in [0.29, 0.717) is 21.0 Å². The fourth-order valence-corrected chi connectivity index (χ4v) is 1.49. The molecule has 0 rings (SSSR count). The van der Waals surface area contributed by atoms with Crippen molar-refractivity contribution in [3.8, 4) is 0 Å². The number of ether oxygens (including phenoxy) is 1. The molecule has 8 nitrogen and oxygen atoms in total. The number of carbonyl (C=O) groups excluding carboxylic acids is 2. The monoisotopic (exact) mass is 248 g/mol. The summed E-state index contributed by atoms with van der Waals surface area (Å²) >= 11 is 0. The van der Waals surface area contributed by atoms with Crippen LogP contribution < -0.4 is 0 Å². The van der Waals surface area contributed by atoms with E-state index >= 15 is 0 Å². The molecule has 0 aromatic carbocycles. The Morgan fingerprint density at radius 3 is 1.41 bits per heavy atom. The van der Waals surface area contributed by atoms with Gasteiger partial charge in [-0.25, -0.2) is 9.59 Å². The molecule has 2 unspecified atom stereocenters. The molecule has 0 amide bonds. The summed E-state index contributed by atoms with van der Waals surface area (Å²) in [4.78, 5) is 44.4. The van der Waals surface area contributed by atoms with Gasteiger partial charge in [-0.05, 0) is 13.8 Å². The van der Waals surface area contributed by atoms with Crippen LogP contribution in [-0.2, 0) is 23.9 Å². The lowest BCUT2D eigenvalue weighted by atomic mass is 9.77. The lowest BCUT2D eigenvalue weighted by Crippen LogP contribution is -2.71. The Morgan fingerprint density at radius 1 is 0.941 bits per heavy atom. The van der Waals surface area contributed by atoms with E-state index in [1.807, 2.05) is 0 Å². The quantitative estimate of drug-likeness (QED) is 0.480. The number of rotatable bonds is 6. The van der Waals surface area contributed by atoms with Gasteiger partial charge in [0.1, 0.15) is 0 Å². The number of Topliss-reactive ketones (excluding diaryl/α,β-unsaturated/α-hetero) is 2. The smallest absolute Gasteiger partial charge is 0.348 e. The van der Waals surface area contributed by atoms with Crippen LogP contribution in [0.15, 0.2) is 0 Å². The van der Waals surface area contributed by atoms with E-state index in [-0.39, 0.29) is 0 Å². The van der Waals surface area contributed by atoms with Crippen LogP contribution in [0.4, 0.5) is 0 Å². The molecule has 8 heteroatoms. The molecule has 0 aliphatic heterocycles. The van der Waals surface area contributed by atoms with Crippen molar-refractivity contribution in [1.29, 1.82) is 0 Å². The minimum absolute atomic E-state index is 0.647. The first-order valence-electron chi connectivity index (χ1n) is 4.35. The van der Waals surface area contributed by atoms with E-state index in [1.54, 1.807) is 0 Å². The molecule has 0 aromatic heterocycles. The number of carboxylic acids is 2. The maximum Gasteiger partial charge on any atom is 0.348 e. The van der Waals surface area contributed by atoms with Gasteiger partial charge in [-0.3, -0.25) is 9.59 Å². The highest BCUT2D eigenvalue weighted by Gasteiger charge is 2.68. The van der Waals surface area contributed by atoms with Gasteiger partial charge in [-0.2, -0.15) is 0 Å². The summed E-state index contributed by atoms with van der Waals surface area (Å²) in [6.45, 7) is 1.35. The molecule has 0 saturated carbocycles. The summed E-state index contributed by atoms with van der Waals surface area (Å²) in [5, 5.41) is 27.4. The highest BCUT2D eigenvalue weighted by molar-refractivity contribution is 6.21. The van der Waals surface area contributed by atoms with E-state index in [0.717, 1.165) is 0 Å². The minimum Gasteiger partial charge on any atom is -0.479 e. The highest BCUT2D eigenvalue weighted by Crippen LogP contribution is 2.29. The van der Waals surface area contributed by atoms with Gasteiger partial charge in [0.2, 0.25) is 0 Å². The van der Waals surface area contributed by atoms with E-state index in [4.69, 9.17) is 10.2 Å². The standard InChI is InChI=1S/C9H12O8/c1-4(10)8(16,6(12)13)9(17-3,5(2)11)7(14)15/h16H,1-3H3,(H,12,13)(H,14,15). The molecular formula is C9H12O8. The number of carbonyl (C=O) groups is 4. The second-order valence-electron chi connectivity index (χ2n) is 3.32. The van der Waals surface area contributed by atoms with Gasteiger partial charge >= 0.3 is 11.9 Å². The Morgan fingerprint density at radius 2 is 1.35 bits per heavy atom. The topological polar surface area (TPSA) is 138 Å². The molecule has 0 aliphatic rings. The normalized spacial score (nSPS) is 17.6. The third kappa shape index (κ3) is 1.81. The number of hydrogen-bond acceptors (Lipinski definition) is 6. The van der Waals surface area contributed by atoms with Crippen molar-refractivity contribution < 1.29 is 39.2 Å². The van der Waals surface area contributed by atoms with E-state index in [2.05, 4.69) is 4.74 Å². The predicted molar refractivity (Wildman–Crippen MR) is 51.3 cm³/mol. The minimum atomic E-state index is -3.49. The molecule has 0 aliphatic carbocycles. The Balaban J connectivity index is 6.25. The van der Waals surface area contributed by atoms with Gasteiger partial charge in [-0.15, -0.1) is 0 Å². The van der Waals surface area contributed by atoms with Crippen molar-refractivity contribution in [1.82, 2.24) is 0 Å². The molecular weight excluding hydrogens is 236 g/mol. The first kappa shape index (κ1) is 15.2. The Bertz CT molecular complexity index is 354. The predicted octanol–water partition coefficient (Wildman–Crippen LogP) is -1.55. The van der Waals surface area contributed by atoms with Crippen molar-refractivity contribution >= 4 is 23.5 Å². The largest absolute Gasteiger partial charge is 0.479 e. The van der Waals surface area contributed by atoms with Crippen molar-refractivity contribution in [2.24, 2.45) is 0 Å². The highest BCUT2D eigenvalue weighted by atomic mass is 16.5. The molecule has 0 radical (unpaired) electrons. The molecule has 2 atom stereocenters. The number of carboxylic acid groups (broad SMARTS) is 2. The zero-order valence-corrected chi connectivity index (χ0v) is 9.38. The Labute approximate surface area is 95.8 Å². The molecule has 0 bridgehead atoms. The van der Waals surface area contributed by atoms with E-state index < -0.39 is 34.7 Å². The van der Waals surface area contributed by atoms with Crippen LogP contribution in [0.1, 0.15) is 13.8 Å². The molecule has 0 aromatic rings. The second kappa shape index (κ2) is 4.60. The van der Waals surface area contributed by atoms with Crippen LogP contribution in [0.5, 0.6) is 0 Å². The van der Waals surface area contributed by atoms with Crippen LogP contribution >= 0.6 is 0 Å². The summed E-state index contributed by atoms with van der Waals surface area (Å²) in [5.74, 6) is -6.98. The summed E-state index contributed by atoms with van der Waals surface area (Å²) in [6, 6.07) is 0. The fraction of sp³-hybridized carbons (Fsp3) is 0.556. The molecule has 3 N–H and O–H groups in total. The maximum absolute atomic E-state index is 11.3. The summed E-state index contributed by atoms with van der Waals surface area (Å²) in [5.41, 5.74) is -6.66. The maximum atomic E-state index is 11.3. The Kier molecular flexibility index (Phi) is 4.11. The molecule has 0 fully saturated rings.